The van der Waals surface area contributed by atoms with Crippen LogP contribution in [0.4, 0.5) is 0 Å². The van der Waals surface area contributed by atoms with E-state index in [1.54, 1.807) is 24.3 Å². The topological polar surface area (TPSA) is 126 Å². The molecule has 0 radical (unpaired) electrons. The van der Waals surface area contributed by atoms with E-state index in [0.717, 1.165) is 12.8 Å². The summed E-state index contributed by atoms with van der Waals surface area (Å²) >= 11 is 0. The molecule has 9 nitrogen and oxygen atoms in total. The van der Waals surface area contributed by atoms with E-state index in [2.05, 4.69) is 21.3 Å². The summed E-state index contributed by atoms with van der Waals surface area (Å²) in [7, 11) is 0. The Labute approximate surface area is 224 Å². The molecular weight excluding hydrogens is 484 g/mol. The van der Waals surface area contributed by atoms with Gasteiger partial charge in [0.2, 0.25) is 17.7 Å². The number of para-hydroxylation sites is 1. The first-order chi connectivity index (χ1) is 18.3. The zero-order chi connectivity index (χ0) is 27.3. The molecule has 0 saturated carbocycles. The van der Waals surface area contributed by atoms with Gasteiger partial charge in [0.15, 0.2) is 0 Å². The molecule has 2 aromatic rings. The van der Waals surface area contributed by atoms with Crippen LogP contribution in [0.15, 0.2) is 54.6 Å². The van der Waals surface area contributed by atoms with Gasteiger partial charge in [-0.15, -0.1) is 0 Å². The van der Waals surface area contributed by atoms with Crippen LogP contribution in [-0.4, -0.2) is 55.4 Å². The molecule has 1 aliphatic heterocycles. The van der Waals surface area contributed by atoms with Crippen molar-refractivity contribution in [3.63, 3.8) is 0 Å². The summed E-state index contributed by atoms with van der Waals surface area (Å²) in [4.78, 5) is 51.7. The Morgan fingerprint density at radius 3 is 2.53 bits per heavy atom. The molecule has 1 aliphatic rings. The maximum Gasteiger partial charge on any atom is 0.255 e. The summed E-state index contributed by atoms with van der Waals surface area (Å²) in [6.07, 6.45) is 2.12. The molecular formula is C29H38N4O5. The Morgan fingerprint density at radius 2 is 1.76 bits per heavy atom. The van der Waals surface area contributed by atoms with Crippen molar-refractivity contribution in [1.29, 1.82) is 0 Å². The number of ether oxygens (including phenoxy) is 1. The average molecular weight is 523 g/mol. The second-order valence-corrected chi connectivity index (χ2v) is 9.72. The van der Waals surface area contributed by atoms with E-state index in [1.807, 2.05) is 44.2 Å². The van der Waals surface area contributed by atoms with Gasteiger partial charge in [-0.05, 0) is 49.3 Å². The van der Waals surface area contributed by atoms with E-state index in [0.29, 0.717) is 30.8 Å². The second-order valence-electron chi connectivity index (χ2n) is 9.72. The Kier molecular flexibility index (Phi) is 11.1. The first kappa shape index (κ1) is 28.7. The van der Waals surface area contributed by atoms with Crippen molar-refractivity contribution in [3.8, 4) is 5.75 Å². The highest BCUT2D eigenvalue weighted by Crippen LogP contribution is 2.19. The van der Waals surface area contributed by atoms with Crippen molar-refractivity contribution < 1.29 is 23.9 Å². The van der Waals surface area contributed by atoms with Gasteiger partial charge in [0.1, 0.15) is 17.8 Å². The van der Waals surface area contributed by atoms with Gasteiger partial charge < -0.3 is 26.0 Å². The SMILES string of the molecule is CC(C)C1NC(=O)CC[C@@H](C(=O)NCCCc2ccccc2)NC(=O)c2ccccc2OCCCNC1=O. The normalized spacial score (nSPS) is 19.4. The summed E-state index contributed by atoms with van der Waals surface area (Å²) in [5.41, 5.74) is 1.48. The first-order valence-corrected chi connectivity index (χ1v) is 13.3. The molecule has 0 saturated heterocycles. The highest BCUT2D eigenvalue weighted by atomic mass is 16.5. The molecule has 204 valence electrons. The number of carbonyl (C=O) groups is 4. The van der Waals surface area contributed by atoms with Crippen molar-refractivity contribution in [2.75, 3.05) is 19.7 Å². The lowest BCUT2D eigenvalue weighted by molar-refractivity contribution is -0.130. The van der Waals surface area contributed by atoms with Crippen molar-refractivity contribution in [1.82, 2.24) is 21.3 Å². The lowest BCUT2D eigenvalue weighted by atomic mass is 10.0. The number of nitrogens with one attached hydrogen (secondary N) is 4. The average Bonchev–Trinajstić information content (AvgIpc) is 2.91. The van der Waals surface area contributed by atoms with Crippen molar-refractivity contribution in [2.24, 2.45) is 5.92 Å². The van der Waals surface area contributed by atoms with Gasteiger partial charge in [-0.3, -0.25) is 19.2 Å². The van der Waals surface area contributed by atoms with Crippen LogP contribution in [0.2, 0.25) is 0 Å². The minimum Gasteiger partial charge on any atom is -0.493 e. The molecule has 0 bridgehead atoms. The molecule has 1 unspecified atom stereocenters. The standard InChI is InChI=1S/C29H38N4O5/c1-20(2)26-29(37)31-18-9-19-38-24-14-7-6-13-22(24)27(35)32-23(15-16-25(34)33-26)28(36)30-17-8-12-21-10-4-3-5-11-21/h3-7,10-11,13-14,20,23,26H,8-9,12,15-19H2,1-2H3,(H,30,36)(H,31,37)(H,32,35)(H,33,34)/t23-,26?/m0/s1. The molecule has 0 fully saturated rings. The van der Waals surface area contributed by atoms with Crippen LogP contribution in [0.3, 0.4) is 0 Å². The molecule has 4 amide bonds. The summed E-state index contributed by atoms with van der Waals surface area (Å²) in [5, 5.41) is 11.3. The number of hydrogen-bond donors (Lipinski definition) is 4. The number of amides is 4. The van der Waals surface area contributed by atoms with E-state index < -0.39 is 18.0 Å². The monoisotopic (exact) mass is 522 g/mol. The van der Waals surface area contributed by atoms with Gasteiger partial charge in [-0.1, -0.05) is 56.3 Å². The van der Waals surface area contributed by atoms with Crippen molar-refractivity contribution in [3.05, 3.63) is 65.7 Å². The zero-order valence-corrected chi connectivity index (χ0v) is 22.1. The van der Waals surface area contributed by atoms with Crippen molar-refractivity contribution >= 4 is 23.6 Å². The molecule has 0 aliphatic carbocycles. The smallest absolute Gasteiger partial charge is 0.255 e. The Balaban J connectivity index is 1.72. The molecule has 2 aromatic carbocycles. The molecule has 3 rings (SSSR count). The molecule has 9 heteroatoms. The van der Waals surface area contributed by atoms with E-state index in [4.69, 9.17) is 4.74 Å². The Hall–Kier alpha value is -3.88. The fraction of sp³-hybridized carbons (Fsp3) is 0.448. The molecule has 38 heavy (non-hydrogen) atoms. The van der Waals surface area contributed by atoms with Crippen LogP contribution in [0, 0.1) is 5.92 Å². The largest absolute Gasteiger partial charge is 0.493 e. The summed E-state index contributed by atoms with van der Waals surface area (Å²) < 4.78 is 5.82. The van der Waals surface area contributed by atoms with Gasteiger partial charge in [0, 0.05) is 19.5 Å². The lowest BCUT2D eigenvalue weighted by Crippen LogP contribution is -2.51. The predicted molar refractivity (Wildman–Crippen MR) is 145 cm³/mol. The van der Waals surface area contributed by atoms with E-state index in [9.17, 15) is 19.2 Å². The van der Waals surface area contributed by atoms with Gasteiger partial charge in [-0.25, -0.2) is 0 Å². The van der Waals surface area contributed by atoms with Crippen LogP contribution in [-0.2, 0) is 20.8 Å². The minimum atomic E-state index is -0.933. The number of aryl methyl sites for hydroxylation is 1. The quantitative estimate of drug-likeness (QED) is 0.434. The fourth-order valence-electron chi connectivity index (χ4n) is 4.19. The van der Waals surface area contributed by atoms with Gasteiger partial charge in [0.25, 0.3) is 5.91 Å². The minimum absolute atomic E-state index is 0.0307. The third kappa shape index (κ3) is 8.90. The van der Waals surface area contributed by atoms with Crippen LogP contribution >= 0.6 is 0 Å². The Morgan fingerprint density at radius 1 is 1.03 bits per heavy atom. The van der Waals surface area contributed by atoms with E-state index >= 15 is 0 Å². The predicted octanol–water partition coefficient (Wildman–Crippen LogP) is 2.35. The third-order valence-corrected chi connectivity index (χ3v) is 6.34. The van der Waals surface area contributed by atoms with E-state index in [1.165, 1.54) is 5.56 Å². The summed E-state index contributed by atoms with van der Waals surface area (Å²) in [6.45, 7) is 4.80. The molecule has 4 N–H and O–H groups in total. The van der Waals surface area contributed by atoms with Crippen LogP contribution < -0.4 is 26.0 Å². The van der Waals surface area contributed by atoms with Gasteiger partial charge in [0.05, 0.1) is 12.2 Å². The number of carbonyl (C=O) groups excluding carboxylic acids is 4. The van der Waals surface area contributed by atoms with Crippen molar-refractivity contribution in [2.45, 2.75) is 58.0 Å². The second kappa shape index (κ2) is 14.8. The van der Waals surface area contributed by atoms with Crippen LogP contribution in [0.5, 0.6) is 5.75 Å². The molecule has 0 spiro atoms. The van der Waals surface area contributed by atoms with Crippen LogP contribution in [0.25, 0.3) is 0 Å². The highest BCUT2D eigenvalue weighted by molar-refractivity contribution is 5.99. The third-order valence-electron chi connectivity index (χ3n) is 6.34. The summed E-state index contributed by atoms with van der Waals surface area (Å²) in [6, 6.07) is 15.2. The molecule has 1 heterocycles. The Bertz CT molecular complexity index is 1090. The molecule has 2 atom stereocenters. The number of benzene rings is 2. The molecule has 0 aromatic heterocycles. The maximum absolute atomic E-state index is 13.2. The van der Waals surface area contributed by atoms with Crippen LogP contribution in [0.1, 0.15) is 55.5 Å². The first-order valence-electron chi connectivity index (χ1n) is 13.3. The highest BCUT2D eigenvalue weighted by Gasteiger charge is 2.27. The van der Waals surface area contributed by atoms with Gasteiger partial charge >= 0.3 is 0 Å². The maximum atomic E-state index is 13.2. The van der Waals surface area contributed by atoms with Gasteiger partial charge in [-0.2, -0.15) is 0 Å². The van der Waals surface area contributed by atoms with E-state index in [-0.39, 0.29) is 43.1 Å². The summed E-state index contributed by atoms with van der Waals surface area (Å²) in [5.74, 6) is -1.16. The number of rotatable bonds is 6. The number of fused-ring (bicyclic) bond motifs is 1. The fourth-order valence-corrected chi connectivity index (χ4v) is 4.19. The zero-order valence-electron chi connectivity index (χ0n) is 22.1. The number of hydrogen-bond acceptors (Lipinski definition) is 5. The lowest BCUT2D eigenvalue weighted by Gasteiger charge is -2.23.